The van der Waals surface area contributed by atoms with E-state index in [4.69, 9.17) is 9.26 Å². The number of aromatic amines is 1. The molecule has 0 aliphatic rings. The summed E-state index contributed by atoms with van der Waals surface area (Å²) in [4.78, 5) is 16.5. The number of amides is 1. The summed E-state index contributed by atoms with van der Waals surface area (Å²) in [5.41, 5.74) is 1.82. The summed E-state index contributed by atoms with van der Waals surface area (Å²) in [5, 5.41) is 17.1. The molecule has 0 aliphatic heterocycles. The van der Waals surface area contributed by atoms with Gasteiger partial charge in [0.15, 0.2) is 5.82 Å². The Morgan fingerprint density at radius 3 is 3.04 bits per heavy atom. The third-order valence-electron chi connectivity index (χ3n) is 3.31. The number of hydrogen-bond donors (Lipinski definition) is 2. The molecule has 2 N–H and O–H groups in total. The highest BCUT2D eigenvalue weighted by Gasteiger charge is 2.18. The molecule has 23 heavy (non-hydrogen) atoms. The lowest BCUT2D eigenvalue weighted by Crippen LogP contribution is -2.26. The van der Waals surface area contributed by atoms with Gasteiger partial charge in [-0.25, -0.2) is 0 Å². The second kappa shape index (κ2) is 6.53. The van der Waals surface area contributed by atoms with Crippen molar-refractivity contribution >= 4 is 16.9 Å². The maximum Gasteiger partial charge on any atom is 0.251 e. The summed E-state index contributed by atoms with van der Waals surface area (Å²) >= 11 is 0. The van der Waals surface area contributed by atoms with Crippen molar-refractivity contribution in [1.29, 1.82) is 0 Å². The standard InChI is InChI=1S/C14H16N6O3/c1-8(14-16-12(19-23-14)5-6-22-2)15-13(21)9-3-4-10-11(7-9)18-20-17-10/h3-4,7-8H,5-6H2,1-2H3,(H,15,21)(H,17,18,20)/t8-/m0/s1. The lowest BCUT2D eigenvalue weighted by Gasteiger charge is -2.09. The summed E-state index contributed by atoms with van der Waals surface area (Å²) in [6, 6.07) is 4.68. The van der Waals surface area contributed by atoms with Gasteiger partial charge in [-0.2, -0.15) is 20.4 Å². The van der Waals surface area contributed by atoms with Gasteiger partial charge in [-0.1, -0.05) is 5.16 Å². The molecule has 120 valence electrons. The second-order valence-corrected chi connectivity index (χ2v) is 5.01. The molecule has 0 bridgehead atoms. The van der Waals surface area contributed by atoms with Crippen LogP contribution in [0.3, 0.4) is 0 Å². The lowest BCUT2D eigenvalue weighted by atomic mass is 10.1. The van der Waals surface area contributed by atoms with Crippen LogP contribution >= 0.6 is 0 Å². The molecule has 0 aliphatic carbocycles. The minimum absolute atomic E-state index is 0.251. The predicted molar refractivity (Wildman–Crippen MR) is 79.6 cm³/mol. The first kappa shape index (κ1) is 15.1. The van der Waals surface area contributed by atoms with Crippen molar-refractivity contribution < 1.29 is 14.1 Å². The molecule has 1 aromatic carbocycles. The van der Waals surface area contributed by atoms with Gasteiger partial charge in [0.25, 0.3) is 5.91 Å². The maximum absolute atomic E-state index is 12.3. The van der Waals surface area contributed by atoms with E-state index >= 15 is 0 Å². The van der Waals surface area contributed by atoms with Crippen molar-refractivity contribution in [3.05, 3.63) is 35.5 Å². The van der Waals surface area contributed by atoms with E-state index in [9.17, 15) is 4.79 Å². The van der Waals surface area contributed by atoms with Crippen LogP contribution in [0.4, 0.5) is 0 Å². The highest BCUT2D eigenvalue weighted by atomic mass is 16.5. The third kappa shape index (κ3) is 3.34. The van der Waals surface area contributed by atoms with E-state index in [2.05, 4.69) is 30.9 Å². The third-order valence-corrected chi connectivity index (χ3v) is 3.31. The SMILES string of the molecule is COCCc1noc([C@H](C)NC(=O)c2ccc3n[nH]nc3c2)n1. The molecule has 0 unspecified atom stereocenters. The molecule has 0 spiro atoms. The van der Waals surface area contributed by atoms with Crippen molar-refractivity contribution in [3.63, 3.8) is 0 Å². The molecule has 0 saturated heterocycles. The van der Waals surface area contributed by atoms with Crippen LogP contribution in [0.5, 0.6) is 0 Å². The Bertz CT molecular complexity index is 812. The first-order chi connectivity index (χ1) is 11.2. The average molecular weight is 316 g/mol. The largest absolute Gasteiger partial charge is 0.384 e. The van der Waals surface area contributed by atoms with Crippen LogP contribution in [0.25, 0.3) is 11.0 Å². The Hall–Kier alpha value is -2.81. The van der Waals surface area contributed by atoms with Crippen molar-refractivity contribution in [2.45, 2.75) is 19.4 Å². The molecule has 0 saturated carbocycles. The van der Waals surface area contributed by atoms with Gasteiger partial charge >= 0.3 is 0 Å². The molecule has 2 aromatic heterocycles. The Kier molecular flexibility index (Phi) is 4.29. The highest BCUT2D eigenvalue weighted by molar-refractivity contribution is 5.97. The van der Waals surface area contributed by atoms with Crippen molar-refractivity contribution in [3.8, 4) is 0 Å². The zero-order valence-corrected chi connectivity index (χ0v) is 12.7. The van der Waals surface area contributed by atoms with Crippen molar-refractivity contribution in [2.75, 3.05) is 13.7 Å². The van der Waals surface area contributed by atoms with Gasteiger partial charge in [0.05, 0.1) is 6.61 Å². The highest BCUT2D eigenvalue weighted by Crippen LogP contribution is 2.14. The summed E-state index contributed by atoms with van der Waals surface area (Å²) in [7, 11) is 1.61. The molecular formula is C14H16N6O3. The van der Waals surface area contributed by atoms with Crippen LogP contribution in [0.1, 0.15) is 35.0 Å². The number of benzene rings is 1. The van der Waals surface area contributed by atoms with E-state index in [-0.39, 0.29) is 5.91 Å². The Morgan fingerprint density at radius 1 is 1.39 bits per heavy atom. The number of rotatable bonds is 6. The maximum atomic E-state index is 12.3. The summed E-state index contributed by atoms with van der Waals surface area (Å²) < 4.78 is 10.1. The van der Waals surface area contributed by atoms with Crippen molar-refractivity contribution in [2.24, 2.45) is 0 Å². The van der Waals surface area contributed by atoms with Crippen LogP contribution in [0.15, 0.2) is 22.7 Å². The van der Waals surface area contributed by atoms with Gasteiger partial charge in [-0.3, -0.25) is 4.79 Å². The number of H-pyrrole nitrogens is 1. The summed E-state index contributed by atoms with van der Waals surface area (Å²) in [6.07, 6.45) is 0.559. The number of nitrogens with zero attached hydrogens (tertiary/aromatic N) is 4. The minimum Gasteiger partial charge on any atom is -0.384 e. The predicted octanol–water partition coefficient (Wildman–Crippen LogP) is 1.02. The van der Waals surface area contributed by atoms with E-state index in [1.165, 1.54) is 0 Å². The van der Waals surface area contributed by atoms with Crippen LogP contribution in [0.2, 0.25) is 0 Å². The number of ether oxygens (including phenoxy) is 1. The number of methoxy groups -OCH3 is 1. The van der Waals surface area contributed by atoms with E-state index in [0.29, 0.717) is 41.3 Å². The molecule has 0 fully saturated rings. The van der Waals surface area contributed by atoms with Crippen molar-refractivity contribution in [1.82, 2.24) is 30.9 Å². The molecule has 2 heterocycles. The fraction of sp³-hybridized carbons (Fsp3) is 0.357. The van der Waals surface area contributed by atoms with Gasteiger partial charge < -0.3 is 14.6 Å². The van der Waals surface area contributed by atoms with Crippen LogP contribution < -0.4 is 5.32 Å². The van der Waals surface area contributed by atoms with Crippen LogP contribution in [-0.2, 0) is 11.2 Å². The Labute approximate surface area is 131 Å². The molecular weight excluding hydrogens is 300 g/mol. The Morgan fingerprint density at radius 2 is 2.22 bits per heavy atom. The Balaban J connectivity index is 1.67. The zero-order valence-electron chi connectivity index (χ0n) is 12.7. The molecule has 0 radical (unpaired) electrons. The molecule has 9 heteroatoms. The zero-order chi connectivity index (χ0) is 16.2. The number of aromatic nitrogens is 5. The van der Waals surface area contributed by atoms with E-state index in [0.717, 1.165) is 0 Å². The second-order valence-electron chi connectivity index (χ2n) is 5.01. The van der Waals surface area contributed by atoms with E-state index in [1.54, 1.807) is 32.2 Å². The summed E-state index contributed by atoms with van der Waals surface area (Å²) in [5.74, 6) is 0.651. The quantitative estimate of drug-likeness (QED) is 0.696. The first-order valence-corrected chi connectivity index (χ1v) is 7.10. The number of carbonyl (C=O) groups is 1. The monoisotopic (exact) mass is 316 g/mol. The van der Waals surface area contributed by atoms with Gasteiger partial charge in [0.1, 0.15) is 17.1 Å². The number of nitrogens with one attached hydrogen (secondary N) is 2. The van der Waals surface area contributed by atoms with Crippen LogP contribution in [0, 0.1) is 0 Å². The molecule has 3 aromatic rings. The minimum atomic E-state index is -0.403. The number of carbonyl (C=O) groups excluding carboxylic acids is 1. The topological polar surface area (TPSA) is 119 Å². The molecule has 3 rings (SSSR count). The fourth-order valence-corrected chi connectivity index (χ4v) is 2.06. The number of fused-ring (bicyclic) bond motifs is 1. The molecule has 1 atom stereocenters. The smallest absolute Gasteiger partial charge is 0.251 e. The molecule has 9 nitrogen and oxygen atoms in total. The van der Waals surface area contributed by atoms with Gasteiger partial charge in [-0.05, 0) is 25.1 Å². The van der Waals surface area contributed by atoms with Gasteiger partial charge in [-0.15, -0.1) is 0 Å². The number of hydrogen-bond acceptors (Lipinski definition) is 7. The summed E-state index contributed by atoms with van der Waals surface area (Å²) in [6.45, 7) is 2.29. The van der Waals surface area contributed by atoms with Gasteiger partial charge in [0.2, 0.25) is 5.89 Å². The fourth-order valence-electron chi connectivity index (χ4n) is 2.06. The van der Waals surface area contributed by atoms with Crippen LogP contribution in [-0.4, -0.2) is 45.2 Å². The normalized spacial score (nSPS) is 12.4. The van der Waals surface area contributed by atoms with E-state index < -0.39 is 6.04 Å². The van der Waals surface area contributed by atoms with Gasteiger partial charge in [0, 0.05) is 19.1 Å². The first-order valence-electron chi connectivity index (χ1n) is 7.10. The lowest BCUT2D eigenvalue weighted by molar-refractivity contribution is 0.0932. The molecule has 1 amide bonds. The van der Waals surface area contributed by atoms with E-state index in [1.807, 2.05) is 0 Å². The average Bonchev–Trinajstić information content (AvgIpc) is 3.21.